The number of hydrogen-bond donors (Lipinski definition) is 0. The number of rotatable bonds is 9. The monoisotopic (exact) mass is 196 g/mol. The first-order valence-electron chi connectivity index (χ1n) is 6.46. The normalized spacial score (nSPS) is 13.6. The molecule has 0 saturated carbocycles. The maximum Gasteiger partial charge on any atom is -0.0351 e. The van der Waals surface area contributed by atoms with Crippen LogP contribution in [0.4, 0.5) is 0 Å². The van der Waals surface area contributed by atoms with Gasteiger partial charge in [0, 0.05) is 0 Å². The van der Waals surface area contributed by atoms with E-state index in [1.165, 1.54) is 51.4 Å². The Morgan fingerprint density at radius 3 is 2.14 bits per heavy atom. The molecule has 0 aliphatic heterocycles. The van der Waals surface area contributed by atoms with Gasteiger partial charge in [-0.25, -0.2) is 0 Å². The maximum atomic E-state index is 2.39. The predicted octanol–water partition coefficient (Wildman–Crippen LogP) is 5.34. The molecule has 14 heavy (non-hydrogen) atoms. The van der Waals surface area contributed by atoms with Crippen LogP contribution in [0.2, 0.25) is 0 Å². The van der Waals surface area contributed by atoms with Crippen LogP contribution in [0.3, 0.4) is 0 Å². The quantitative estimate of drug-likeness (QED) is 0.345. The molecule has 1 atom stereocenters. The fourth-order valence-electron chi connectivity index (χ4n) is 1.68. The first-order chi connectivity index (χ1) is 6.81. The minimum Gasteiger partial charge on any atom is -0.0885 e. The summed E-state index contributed by atoms with van der Waals surface area (Å²) in [6.45, 7) is 6.91. The van der Waals surface area contributed by atoms with Gasteiger partial charge in [0.2, 0.25) is 0 Å². The van der Waals surface area contributed by atoms with Crippen LogP contribution in [0.15, 0.2) is 12.2 Å². The van der Waals surface area contributed by atoms with E-state index in [2.05, 4.69) is 32.9 Å². The largest absolute Gasteiger partial charge is 0.0885 e. The summed E-state index contributed by atoms with van der Waals surface area (Å²) in [6, 6.07) is 0. The molecule has 0 aliphatic rings. The molecule has 1 unspecified atom stereocenters. The molecule has 0 aromatic heterocycles. The van der Waals surface area contributed by atoms with Gasteiger partial charge >= 0.3 is 0 Å². The molecule has 0 amide bonds. The van der Waals surface area contributed by atoms with Crippen LogP contribution in [0, 0.1) is 5.92 Å². The summed E-state index contributed by atoms with van der Waals surface area (Å²) in [6.07, 6.45) is 15.5. The van der Waals surface area contributed by atoms with E-state index in [4.69, 9.17) is 0 Å². The molecule has 0 nitrogen and oxygen atoms in total. The van der Waals surface area contributed by atoms with Gasteiger partial charge in [-0.15, -0.1) is 0 Å². The van der Waals surface area contributed by atoms with Gasteiger partial charge in [0.1, 0.15) is 0 Å². The third kappa shape index (κ3) is 9.83. The highest BCUT2D eigenvalue weighted by Gasteiger charge is 1.99. The molecule has 0 saturated heterocycles. The number of unbranched alkanes of at least 4 members (excludes halogenated alkanes) is 3. The molecule has 0 heterocycles. The Bertz CT molecular complexity index is 124. The van der Waals surface area contributed by atoms with Crippen molar-refractivity contribution in [3.63, 3.8) is 0 Å². The lowest BCUT2D eigenvalue weighted by Crippen LogP contribution is -1.93. The maximum absolute atomic E-state index is 2.39. The highest BCUT2D eigenvalue weighted by Crippen LogP contribution is 2.15. The predicted molar refractivity (Wildman–Crippen MR) is 66.6 cm³/mol. The zero-order chi connectivity index (χ0) is 10.6. The zero-order valence-electron chi connectivity index (χ0n) is 10.4. The summed E-state index contributed by atoms with van der Waals surface area (Å²) in [5, 5.41) is 0. The van der Waals surface area contributed by atoms with E-state index >= 15 is 0 Å². The van der Waals surface area contributed by atoms with Crippen LogP contribution in [0.1, 0.15) is 72.1 Å². The van der Waals surface area contributed by atoms with Crippen molar-refractivity contribution in [1.82, 2.24) is 0 Å². The highest BCUT2D eigenvalue weighted by atomic mass is 14.1. The lowest BCUT2D eigenvalue weighted by molar-refractivity contribution is 0.459. The Kier molecular flexibility index (Phi) is 10.6. The van der Waals surface area contributed by atoms with Gasteiger partial charge in [-0.1, -0.05) is 65.0 Å². The van der Waals surface area contributed by atoms with Gasteiger partial charge in [-0.05, 0) is 25.2 Å². The fraction of sp³-hybridized carbons (Fsp3) is 0.857. The first-order valence-corrected chi connectivity index (χ1v) is 6.46. The molecule has 0 heteroatoms. The van der Waals surface area contributed by atoms with Crippen molar-refractivity contribution in [1.29, 1.82) is 0 Å². The van der Waals surface area contributed by atoms with E-state index in [1.807, 2.05) is 0 Å². The zero-order valence-corrected chi connectivity index (χ0v) is 10.4. The second kappa shape index (κ2) is 10.8. The minimum atomic E-state index is 0.939. The Morgan fingerprint density at radius 1 is 0.857 bits per heavy atom. The highest BCUT2D eigenvalue weighted by molar-refractivity contribution is 4.80. The molecule has 0 aromatic rings. The van der Waals surface area contributed by atoms with E-state index in [9.17, 15) is 0 Å². The number of hydrogen-bond acceptors (Lipinski definition) is 0. The molecule has 0 aromatic carbocycles. The minimum absolute atomic E-state index is 0.939. The molecule has 0 fully saturated rings. The summed E-state index contributed by atoms with van der Waals surface area (Å²) in [5.41, 5.74) is 0. The van der Waals surface area contributed by atoms with E-state index in [0.29, 0.717) is 0 Å². The van der Waals surface area contributed by atoms with Crippen molar-refractivity contribution in [2.24, 2.45) is 5.92 Å². The Hall–Kier alpha value is -0.260. The second-order valence-corrected chi connectivity index (χ2v) is 4.44. The Labute approximate surface area is 90.8 Å². The molecule has 0 spiro atoms. The summed E-state index contributed by atoms with van der Waals surface area (Å²) >= 11 is 0. The molecule has 0 rings (SSSR count). The Morgan fingerprint density at radius 2 is 1.50 bits per heavy atom. The van der Waals surface area contributed by atoms with Crippen LogP contribution in [-0.4, -0.2) is 0 Å². The van der Waals surface area contributed by atoms with E-state index in [0.717, 1.165) is 5.92 Å². The van der Waals surface area contributed by atoms with Crippen LogP contribution < -0.4 is 0 Å². The first kappa shape index (κ1) is 13.7. The summed E-state index contributed by atoms with van der Waals surface area (Å²) in [4.78, 5) is 0. The number of allylic oxidation sites excluding steroid dienone is 2. The standard InChI is InChI=1S/C14H28/c1-4-6-8-9-10-11-13-14(3)12-7-5-2/h8-9,14H,4-7,10-13H2,1-3H3. The van der Waals surface area contributed by atoms with Gasteiger partial charge in [0.25, 0.3) is 0 Å². The smallest absolute Gasteiger partial charge is 0.0351 e. The van der Waals surface area contributed by atoms with Crippen LogP contribution >= 0.6 is 0 Å². The van der Waals surface area contributed by atoms with Gasteiger partial charge in [-0.2, -0.15) is 0 Å². The van der Waals surface area contributed by atoms with Crippen molar-refractivity contribution in [3.05, 3.63) is 12.2 Å². The fourth-order valence-corrected chi connectivity index (χ4v) is 1.68. The summed E-state index contributed by atoms with van der Waals surface area (Å²) in [5.74, 6) is 0.939. The molecular formula is C14H28. The van der Waals surface area contributed by atoms with Crippen molar-refractivity contribution in [2.45, 2.75) is 72.1 Å². The van der Waals surface area contributed by atoms with Crippen LogP contribution in [0.25, 0.3) is 0 Å². The lowest BCUT2D eigenvalue weighted by Gasteiger charge is -2.08. The van der Waals surface area contributed by atoms with E-state index in [1.54, 1.807) is 0 Å². The molecule has 0 N–H and O–H groups in total. The van der Waals surface area contributed by atoms with Crippen molar-refractivity contribution in [2.75, 3.05) is 0 Å². The average Bonchev–Trinajstić information content (AvgIpc) is 2.20. The molecular weight excluding hydrogens is 168 g/mol. The van der Waals surface area contributed by atoms with Crippen molar-refractivity contribution in [3.8, 4) is 0 Å². The topological polar surface area (TPSA) is 0 Å². The molecule has 0 radical (unpaired) electrons. The van der Waals surface area contributed by atoms with Gasteiger partial charge in [0.15, 0.2) is 0 Å². The van der Waals surface area contributed by atoms with E-state index in [-0.39, 0.29) is 0 Å². The lowest BCUT2D eigenvalue weighted by atomic mass is 9.98. The van der Waals surface area contributed by atoms with Gasteiger partial charge in [0.05, 0.1) is 0 Å². The van der Waals surface area contributed by atoms with Gasteiger partial charge in [-0.3, -0.25) is 0 Å². The molecule has 0 bridgehead atoms. The average molecular weight is 196 g/mol. The van der Waals surface area contributed by atoms with Crippen LogP contribution in [0.5, 0.6) is 0 Å². The second-order valence-electron chi connectivity index (χ2n) is 4.44. The van der Waals surface area contributed by atoms with Crippen molar-refractivity contribution >= 4 is 0 Å². The summed E-state index contributed by atoms with van der Waals surface area (Å²) < 4.78 is 0. The Balaban J connectivity index is 3.18. The van der Waals surface area contributed by atoms with E-state index < -0.39 is 0 Å². The molecule has 0 aliphatic carbocycles. The third-order valence-corrected chi connectivity index (χ3v) is 2.74. The van der Waals surface area contributed by atoms with Crippen molar-refractivity contribution < 1.29 is 0 Å². The van der Waals surface area contributed by atoms with Gasteiger partial charge < -0.3 is 0 Å². The molecule has 84 valence electrons. The third-order valence-electron chi connectivity index (χ3n) is 2.74. The SMILES string of the molecule is CCCC=CCCCC(C)CCCC. The summed E-state index contributed by atoms with van der Waals surface area (Å²) in [7, 11) is 0. The van der Waals surface area contributed by atoms with Crippen LogP contribution in [-0.2, 0) is 0 Å².